The number of hydrogen-bond acceptors (Lipinski definition) is 7. The molecule has 0 spiro atoms. The van der Waals surface area contributed by atoms with Gasteiger partial charge in [-0.3, -0.25) is 4.90 Å². The number of aliphatic carboxylic acids is 2. The van der Waals surface area contributed by atoms with Gasteiger partial charge in [-0.1, -0.05) is 17.3 Å². The molecule has 2 N–H and O–H groups in total. The molecule has 1 unspecified atom stereocenters. The van der Waals surface area contributed by atoms with Crippen molar-refractivity contribution in [2.75, 3.05) is 40.4 Å². The van der Waals surface area contributed by atoms with E-state index in [1.807, 2.05) is 30.9 Å². The Morgan fingerprint density at radius 3 is 2.02 bits per heavy atom. The second-order valence-corrected chi connectivity index (χ2v) is 8.71. The molecular formula is C23H30F7N5O5. The molecule has 10 nitrogen and oxygen atoms in total. The first-order valence-corrected chi connectivity index (χ1v) is 11.7. The Balaban J connectivity index is 0.000000473. The van der Waals surface area contributed by atoms with E-state index in [9.17, 15) is 30.7 Å². The Morgan fingerprint density at radius 1 is 1.05 bits per heavy atom. The quantitative estimate of drug-likeness (QED) is 0.353. The number of rotatable bonds is 8. The molecule has 1 aliphatic heterocycles. The molecule has 3 rings (SSSR count). The van der Waals surface area contributed by atoms with Crippen LogP contribution in [0.5, 0.6) is 0 Å². The summed E-state index contributed by atoms with van der Waals surface area (Å²) >= 11 is 0. The van der Waals surface area contributed by atoms with E-state index in [0.717, 1.165) is 44.0 Å². The van der Waals surface area contributed by atoms with Crippen LogP contribution >= 0.6 is 0 Å². The van der Waals surface area contributed by atoms with E-state index in [1.165, 1.54) is 17.8 Å². The first kappa shape index (κ1) is 34.7. The van der Waals surface area contributed by atoms with Crippen LogP contribution in [-0.4, -0.2) is 99.7 Å². The molecule has 226 valence electrons. The lowest BCUT2D eigenvalue weighted by molar-refractivity contribution is -0.193. The molecule has 1 aromatic heterocycles. The summed E-state index contributed by atoms with van der Waals surface area (Å²) in [4.78, 5) is 22.2. The lowest BCUT2D eigenvalue weighted by Gasteiger charge is -2.32. The number of aromatic nitrogens is 3. The van der Waals surface area contributed by atoms with Crippen molar-refractivity contribution in [2.45, 2.75) is 44.8 Å². The summed E-state index contributed by atoms with van der Waals surface area (Å²) in [7, 11) is 4.09. The molecule has 0 saturated carbocycles. The van der Waals surface area contributed by atoms with Gasteiger partial charge in [0.2, 0.25) is 0 Å². The van der Waals surface area contributed by atoms with E-state index in [0.29, 0.717) is 13.2 Å². The minimum Gasteiger partial charge on any atom is -0.475 e. The van der Waals surface area contributed by atoms with Crippen molar-refractivity contribution >= 4 is 11.9 Å². The van der Waals surface area contributed by atoms with Crippen LogP contribution < -0.4 is 0 Å². The van der Waals surface area contributed by atoms with E-state index in [4.69, 9.17) is 24.5 Å². The number of benzene rings is 1. The van der Waals surface area contributed by atoms with Crippen molar-refractivity contribution < 1.29 is 55.3 Å². The minimum absolute atomic E-state index is 0.201. The van der Waals surface area contributed by atoms with Crippen molar-refractivity contribution in [1.29, 1.82) is 0 Å². The van der Waals surface area contributed by atoms with E-state index in [1.54, 1.807) is 0 Å². The van der Waals surface area contributed by atoms with Gasteiger partial charge in [0.05, 0.1) is 18.9 Å². The van der Waals surface area contributed by atoms with Crippen molar-refractivity contribution in [1.82, 2.24) is 24.8 Å². The number of likely N-dealkylation sites (N-methyl/N-ethyl adjacent to an activating group) is 1. The predicted molar refractivity (Wildman–Crippen MR) is 126 cm³/mol. The average molecular weight is 590 g/mol. The molecule has 2 heterocycles. The summed E-state index contributed by atoms with van der Waals surface area (Å²) in [6.45, 7) is 7.61. The third-order valence-electron chi connectivity index (χ3n) is 5.19. The van der Waals surface area contributed by atoms with E-state index < -0.39 is 24.3 Å². The minimum atomic E-state index is -5.08. The van der Waals surface area contributed by atoms with Crippen molar-refractivity contribution in [3.8, 4) is 0 Å². The molecule has 0 fully saturated rings. The summed E-state index contributed by atoms with van der Waals surface area (Å²) in [6, 6.07) is 6.71. The van der Waals surface area contributed by atoms with Gasteiger partial charge < -0.3 is 19.8 Å². The standard InChI is InChI=1S/C19H28FN5O.2C2HF3O2/c1-4-25-19-16(14-26-10-9-23(2)3)12-24(13-18(19)21-22-25)11-15-5-7-17(20)8-6-15;2*3-2(4,5)1(6)7/h5-8,16H,4,9-14H2,1-3H3;2*(H,6,7). The fourth-order valence-electron chi connectivity index (χ4n) is 3.40. The summed E-state index contributed by atoms with van der Waals surface area (Å²) in [5.41, 5.74) is 3.33. The Labute approximate surface area is 224 Å². The molecule has 0 bridgehead atoms. The SMILES string of the molecule is CCn1nnc2c1C(COCCN(C)C)CN(Cc1ccc(F)cc1)C2.O=C(O)C(F)(F)F.O=C(O)C(F)(F)F. The molecular weight excluding hydrogens is 559 g/mol. The van der Waals surface area contributed by atoms with Crippen molar-refractivity contribution in [2.24, 2.45) is 0 Å². The molecule has 2 aromatic rings. The lowest BCUT2D eigenvalue weighted by Crippen LogP contribution is -2.36. The van der Waals surface area contributed by atoms with Crippen LogP contribution in [0, 0.1) is 5.82 Å². The van der Waals surface area contributed by atoms with Crippen LogP contribution in [0.1, 0.15) is 29.8 Å². The van der Waals surface area contributed by atoms with Crippen molar-refractivity contribution in [3.05, 3.63) is 47.0 Å². The zero-order valence-electron chi connectivity index (χ0n) is 21.8. The topological polar surface area (TPSA) is 121 Å². The van der Waals surface area contributed by atoms with Gasteiger partial charge in [-0.2, -0.15) is 26.3 Å². The number of carbonyl (C=O) groups is 2. The Morgan fingerprint density at radius 2 is 1.57 bits per heavy atom. The molecule has 1 aromatic carbocycles. The Hall–Kier alpha value is -3.31. The maximum absolute atomic E-state index is 13.1. The van der Waals surface area contributed by atoms with Gasteiger partial charge in [-0.25, -0.2) is 18.7 Å². The summed E-state index contributed by atoms with van der Waals surface area (Å²) < 4.78 is 84.5. The van der Waals surface area contributed by atoms with Gasteiger partial charge in [-0.15, -0.1) is 5.10 Å². The number of nitrogens with zero attached hydrogens (tertiary/aromatic N) is 5. The number of ether oxygens (including phenoxy) is 1. The Bertz CT molecular complexity index is 1050. The van der Waals surface area contributed by atoms with Crippen LogP contribution in [0.3, 0.4) is 0 Å². The largest absolute Gasteiger partial charge is 0.490 e. The van der Waals surface area contributed by atoms with Crippen LogP contribution in [0.15, 0.2) is 24.3 Å². The zero-order chi connectivity index (χ0) is 30.7. The highest BCUT2D eigenvalue weighted by atomic mass is 19.4. The van der Waals surface area contributed by atoms with E-state index in [-0.39, 0.29) is 11.7 Å². The molecule has 0 aliphatic carbocycles. The molecule has 0 amide bonds. The fourth-order valence-corrected chi connectivity index (χ4v) is 3.40. The first-order chi connectivity index (χ1) is 18.4. The second-order valence-electron chi connectivity index (χ2n) is 8.71. The molecule has 0 radical (unpaired) electrons. The summed E-state index contributed by atoms with van der Waals surface area (Å²) in [6.07, 6.45) is -10.2. The summed E-state index contributed by atoms with van der Waals surface area (Å²) in [5, 5.41) is 22.9. The maximum Gasteiger partial charge on any atom is 0.490 e. The van der Waals surface area contributed by atoms with Gasteiger partial charge in [0.1, 0.15) is 11.5 Å². The average Bonchev–Trinajstić information content (AvgIpc) is 3.26. The lowest BCUT2D eigenvalue weighted by atomic mass is 9.98. The van der Waals surface area contributed by atoms with Crippen LogP contribution in [0.2, 0.25) is 0 Å². The highest BCUT2D eigenvalue weighted by molar-refractivity contribution is 5.73. The van der Waals surface area contributed by atoms with E-state index >= 15 is 0 Å². The van der Waals surface area contributed by atoms with Crippen molar-refractivity contribution in [3.63, 3.8) is 0 Å². The zero-order valence-corrected chi connectivity index (χ0v) is 21.8. The smallest absolute Gasteiger partial charge is 0.475 e. The fraction of sp³-hybridized carbons (Fsp3) is 0.565. The normalized spacial score (nSPS) is 15.4. The third kappa shape index (κ3) is 12.3. The predicted octanol–water partition coefficient (Wildman–Crippen LogP) is 3.38. The molecule has 1 atom stereocenters. The number of carboxylic acid groups (broad SMARTS) is 2. The van der Waals surface area contributed by atoms with Gasteiger partial charge in [0, 0.05) is 38.6 Å². The summed E-state index contributed by atoms with van der Waals surface area (Å²) in [5.74, 6) is -5.47. The maximum atomic E-state index is 13.1. The van der Waals surface area contributed by atoms with E-state index in [2.05, 4.69) is 27.0 Å². The van der Waals surface area contributed by atoms with Gasteiger partial charge in [-0.05, 0) is 38.7 Å². The highest BCUT2D eigenvalue weighted by Gasteiger charge is 2.39. The number of hydrogen-bond donors (Lipinski definition) is 2. The van der Waals surface area contributed by atoms with Gasteiger partial charge >= 0.3 is 24.3 Å². The number of halogens is 7. The number of fused-ring (bicyclic) bond motifs is 1. The third-order valence-corrected chi connectivity index (χ3v) is 5.19. The molecule has 1 aliphatic rings. The molecule has 17 heteroatoms. The van der Waals surface area contributed by atoms with Crippen LogP contribution in [0.4, 0.5) is 30.7 Å². The van der Waals surface area contributed by atoms with Gasteiger partial charge in [0.15, 0.2) is 0 Å². The van der Waals surface area contributed by atoms with Crippen LogP contribution in [0.25, 0.3) is 0 Å². The second kappa shape index (κ2) is 15.5. The highest BCUT2D eigenvalue weighted by Crippen LogP contribution is 2.28. The Kier molecular flexibility index (Phi) is 13.4. The molecule has 0 saturated heterocycles. The number of aryl methyl sites for hydroxylation is 1. The van der Waals surface area contributed by atoms with Crippen LogP contribution in [-0.2, 0) is 34.0 Å². The number of alkyl halides is 6. The molecule has 40 heavy (non-hydrogen) atoms. The monoisotopic (exact) mass is 589 g/mol. The van der Waals surface area contributed by atoms with Gasteiger partial charge in [0.25, 0.3) is 0 Å². The number of carboxylic acids is 2. The first-order valence-electron chi connectivity index (χ1n) is 11.7.